The fraction of sp³-hybridized carbons (Fsp3) is 0.192. The zero-order valence-electron chi connectivity index (χ0n) is 19.3. The van der Waals surface area contributed by atoms with Crippen molar-refractivity contribution in [2.75, 3.05) is 13.2 Å². The topological polar surface area (TPSA) is 65.7 Å². The molecule has 6 nitrogen and oxygen atoms in total. The van der Waals surface area contributed by atoms with E-state index in [1.54, 1.807) is 36.4 Å². The van der Waals surface area contributed by atoms with Crippen LogP contribution in [-0.4, -0.2) is 29.1 Å². The van der Waals surface area contributed by atoms with Crippen molar-refractivity contribution in [1.82, 2.24) is 9.66 Å². The third-order valence-electron chi connectivity index (χ3n) is 5.14. The largest absolute Gasteiger partial charge is 0.490 e. The van der Waals surface area contributed by atoms with Crippen molar-refractivity contribution in [2.24, 2.45) is 5.10 Å². The summed E-state index contributed by atoms with van der Waals surface area (Å²) in [6.07, 6.45) is -3.14. The minimum absolute atomic E-state index is 0.0175. The zero-order chi connectivity index (χ0) is 25.9. The predicted octanol–water partition coefficient (Wildman–Crippen LogP) is 6.52. The first kappa shape index (κ1) is 25.4. The highest BCUT2D eigenvalue weighted by Gasteiger charge is 2.31. The van der Waals surface area contributed by atoms with Crippen LogP contribution in [0.15, 0.2) is 75.0 Å². The van der Waals surface area contributed by atoms with E-state index in [2.05, 4.69) is 26.0 Å². The molecule has 0 N–H and O–H groups in total. The van der Waals surface area contributed by atoms with Crippen molar-refractivity contribution < 1.29 is 22.6 Å². The van der Waals surface area contributed by atoms with E-state index in [1.807, 2.05) is 13.8 Å². The van der Waals surface area contributed by atoms with Crippen LogP contribution in [0.4, 0.5) is 13.2 Å². The lowest BCUT2D eigenvalue weighted by Gasteiger charge is -2.14. The summed E-state index contributed by atoms with van der Waals surface area (Å²) in [6.45, 7) is 4.53. The first-order valence-corrected chi connectivity index (χ1v) is 11.8. The van der Waals surface area contributed by atoms with E-state index in [1.165, 1.54) is 18.3 Å². The number of aromatic nitrogens is 2. The molecule has 4 aromatic rings. The highest BCUT2D eigenvalue weighted by molar-refractivity contribution is 9.10. The summed E-state index contributed by atoms with van der Waals surface area (Å²) >= 11 is 3.47. The molecule has 1 heterocycles. The molecule has 36 heavy (non-hydrogen) atoms. The minimum atomic E-state index is -4.55. The normalized spacial score (nSPS) is 11.8. The molecule has 4 rings (SSSR count). The third-order valence-corrected chi connectivity index (χ3v) is 5.73. The van der Waals surface area contributed by atoms with Gasteiger partial charge < -0.3 is 9.47 Å². The number of nitrogens with zero attached hydrogens (tertiary/aromatic N) is 3. The van der Waals surface area contributed by atoms with Gasteiger partial charge in [-0.1, -0.05) is 24.3 Å². The molecule has 0 atom stereocenters. The molecule has 0 bridgehead atoms. The Hall–Kier alpha value is -3.66. The summed E-state index contributed by atoms with van der Waals surface area (Å²) in [5.41, 5.74) is -0.339. The van der Waals surface area contributed by atoms with Gasteiger partial charge in [-0.3, -0.25) is 4.79 Å². The molecule has 10 heteroatoms. The maximum Gasteiger partial charge on any atom is 0.416 e. The van der Waals surface area contributed by atoms with E-state index in [-0.39, 0.29) is 16.8 Å². The lowest BCUT2D eigenvalue weighted by Crippen LogP contribution is -2.20. The SMILES string of the molecule is CCOc1cc(C=Nn2c(-c3cccc(C(F)(F)F)c3)nc3ccccc3c2=O)cc(Br)c1OCC. The minimum Gasteiger partial charge on any atom is -0.490 e. The van der Waals surface area contributed by atoms with Crippen LogP contribution in [-0.2, 0) is 6.18 Å². The van der Waals surface area contributed by atoms with Gasteiger partial charge in [0.25, 0.3) is 5.56 Å². The van der Waals surface area contributed by atoms with Crippen molar-refractivity contribution in [3.05, 3.63) is 86.6 Å². The number of ether oxygens (including phenoxy) is 2. The molecule has 0 aliphatic carbocycles. The molecule has 0 saturated heterocycles. The fourth-order valence-electron chi connectivity index (χ4n) is 3.59. The molecule has 0 aliphatic heterocycles. The highest BCUT2D eigenvalue weighted by atomic mass is 79.9. The second kappa shape index (κ2) is 10.5. The van der Waals surface area contributed by atoms with Gasteiger partial charge in [0.2, 0.25) is 0 Å². The quantitative estimate of drug-likeness (QED) is 0.242. The van der Waals surface area contributed by atoms with Crippen LogP contribution in [0.3, 0.4) is 0 Å². The predicted molar refractivity (Wildman–Crippen MR) is 136 cm³/mol. The zero-order valence-corrected chi connectivity index (χ0v) is 20.9. The summed E-state index contributed by atoms with van der Waals surface area (Å²) in [7, 11) is 0. The molecule has 0 radical (unpaired) electrons. The number of alkyl halides is 3. The smallest absolute Gasteiger partial charge is 0.416 e. The van der Waals surface area contributed by atoms with Crippen LogP contribution in [0.25, 0.3) is 22.3 Å². The Balaban J connectivity index is 1.89. The highest BCUT2D eigenvalue weighted by Crippen LogP contribution is 2.37. The van der Waals surface area contributed by atoms with Crippen molar-refractivity contribution in [3.8, 4) is 22.9 Å². The van der Waals surface area contributed by atoms with Gasteiger partial charge in [0.1, 0.15) is 0 Å². The van der Waals surface area contributed by atoms with Crippen molar-refractivity contribution in [3.63, 3.8) is 0 Å². The molecule has 0 spiro atoms. The Morgan fingerprint density at radius 3 is 2.50 bits per heavy atom. The molecule has 0 unspecified atom stereocenters. The van der Waals surface area contributed by atoms with Crippen LogP contribution < -0.4 is 15.0 Å². The van der Waals surface area contributed by atoms with E-state index >= 15 is 0 Å². The molecular weight excluding hydrogens is 539 g/mol. The summed E-state index contributed by atoms with van der Waals surface area (Å²) in [4.78, 5) is 17.8. The van der Waals surface area contributed by atoms with Crippen LogP contribution in [0, 0.1) is 0 Å². The van der Waals surface area contributed by atoms with Gasteiger partial charge in [-0.25, -0.2) is 4.98 Å². The molecule has 3 aromatic carbocycles. The monoisotopic (exact) mass is 559 g/mol. The molecule has 186 valence electrons. The lowest BCUT2D eigenvalue weighted by molar-refractivity contribution is -0.137. The summed E-state index contributed by atoms with van der Waals surface area (Å²) in [6, 6.07) is 14.7. The van der Waals surface area contributed by atoms with E-state index in [0.29, 0.717) is 40.3 Å². The molecule has 0 saturated carbocycles. The van der Waals surface area contributed by atoms with E-state index in [9.17, 15) is 18.0 Å². The van der Waals surface area contributed by atoms with Crippen molar-refractivity contribution in [1.29, 1.82) is 0 Å². The number of hydrogen-bond donors (Lipinski definition) is 0. The second-order valence-corrected chi connectivity index (χ2v) is 8.44. The van der Waals surface area contributed by atoms with Gasteiger partial charge in [-0.2, -0.15) is 22.9 Å². The number of para-hydroxylation sites is 1. The number of fused-ring (bicyclic) bond motifs is 1. The van der Waals surface area contributed by atoms with Gasteiger partial charge in [-0.15, -0.1) is 0 Å². The molecule has 0 fully saturated rings. The van der Waals surface area contributed by atoms with Crippen LogP contribution >= 0.6 is 15.9 Å². The van der Waals surface area contributed by atoms with Gasteiger partial charge in [-0.05, 0) is 71.7 Å². The van der Waals surface area contributed by atoms with Gasteiger partial charge in [0.05, 0.1) is 40.4 Å². The molecule has 1 aromatic heterocycles. The lowest BCUT2D eigenvalue weighted by atomic mass is 10.1. The third kappa shape index (κ3) is 5.28. The van der Waals surface area contributed by atoms with Crippen LogP contribution in [0.2, 0.25) is 0 Å². The van der Waals surface area contributed by atoms with Crippen LogP contribution in [0.5, 0.6) is 11.5 Å². The van der Waals surface area contributed by atoms with Crippen LogP contribution in [0.1, 0.15) is 25.0 Å². The average Bonchev–Trinajstić information content (AvgIpc) is 2.85. The van der Waals surface area contributed by atoms with E-state index in [0.717, 1.165) is 16.8 Å². The van der Waals surface area contributed by atoms with Crippen molar-refractivity contribution in [2.45, 2.75) is 20.0 Å². The first-order chi connectivity index (χ1) is 17.2. The molecule has 0 amide bonds. The average molecular weight is 560 g/mol. The van der Waals surface area contributed by atoms with E-state index in [4.69, 9.17) is 9.47 Å². The summed E-state index contributed by atoms with van der Waals surface area (Å²) in [5.74, 6) is 0.999. The second-order valence-electron chi connectivity index (χ2n) is 7.59. The first-order valence-electron chi connectivity index (χ1n) is 11.1. The maximum absolute atomic E-state index is 13.4. The van der Waals surface area contributed by atoms with E-state index < -0.39 is 17.3 Å². The maximum atomic E-state index is 13.4. The van der Waals surface area contributed by atoms with Gasteiger partial charge >= 0.3 is 6.18 Å². The fourth-order valence-corrected chi connectivity index (χ4v) is 4.16. The Kier molecular flexibility index (Phi) is 7.44. The Morgan fingerprint density at radius 1 is 1.03 bits per heavy atom. The molecular formula is C26H21BrF3N3O3. The number of rotatable bonds is 7. The standard InChI is InChI=1S/C26H21BrF3N3O3/c1-3-35-22-13-16(12-20(27)23(22)36-4-2)15-31-33-24(17-8-7-9-18(14-17)26(28,29)30)32-21-11-6-5-10-19(21)25(33)34/h5-15H,3-4H2,1-2H3. The molecule has 0 aliphatic rings. The number of benzene rings is 3. The Morgan fingerprint density at radius 2 is 1.78 bits per heavy atom. The van der Waals surface area contributed by atoms with Gasteiger partial charge in [0, 0.05) is 5.56 Å². The number of halogens is 4. The number of hydrogen-bond acceptors (Lipinski definition) is 5. The van der Waals surface area contributed by atoms with Crippen molar-refractivity contribution >= 4 is 33.0 Å². The Bertz CT molecular complexity index is 1500. The van der Waals surface area contributed by atoms with Gasteiger partial charge in [0.15, 0.2) is 17.3 Å². The summed E-state index contributed by atoms with van der Waals surface area (Å²) in [5, 5.41) is 4.62. The Labute approximate surface area is 213 Å². The summed E-state index contributed by atoms with van der Waals surface area (Å²) < 4.78 is 53.1.